The van der Waals surface area contributed by atoms with E-state index in [0.29, 0.717) is 0 Å². The summed E-state index contributed by atoms with van der Waals surface area (Å²) in [7, 11) is 0. The molecule has 88 valence electrons. The SMILES string of the molecule is CCCN1CCc2cc([C@H](N)CO)ccc21. The van der Waals surface area contributed by atoms with E-state index < -0.39 is 0 Å². The summed E-state index contributed by atoms with van der Waals surface area (Å²) >= 11 is 0. The summed E-state index contributed by atoms with van der Waals surface area (Å²) in [5.74, 6) is 0. The number of anilines is 1. The molecular weight excluding hydrogens is 200 g/mol. The van der Waals surface area contributed by atoms with Crippen molar-refractivity contribution in [3.05, 3.63) is 29.3 Å². The summed E-state index contributed by atoms with van der Waals surface area (Å²) < 4.78 is 0. The largest absolute Gasteiger partial charge is 0.394 e. The fourth-order valence-electron chi connectivity index (χ4n) is 2.33. The molecule has 0 fully saturated rings. The van der Waals surface area contributed by atoms with E-state index in [1.165, 1.54) is 17.7 Å². The number of hydrogen-bond donors (Lipinski definition) is 2. The Morgan fingerprint density at radius 2 is 2.31 bits per heavy atom. The molecular formula is C13H20N2O. The molecule has 1 heterocycles. The van der Waals surface area contributed by atoms with Gasteiger partial charge in [0.05, 0.1) is 12.6 Å². The molecule has 2 rings (SSSR count). The minimum atomic E-state index is -0.245. The maximum Gasteiger partial charge on any atom is 0.0624 e. The van der Waals surface area contributed by atoms with E-state index in [0.717, 1.165) is 25.1 Å². The van der Waals surface area contributed by atoms with Gasteiger partial charge in [-0.05, 0) is 30.0 Å². The molecule has 0 saturated carbocycles. The van der Waals surface area contributed by atoms with Gasteiger partial charge >= 0.3 is 0 Å². The molecule has 0 saturated heterocycles. The van der Waals surface area contributed by atoms with Gasteiger partial charge in [0.15, 0.2) is 0 Å². The maximum atomic E-state index is 9.04. The van der Waals surface area contributed by atoms with Gasteiger partial charge in [0, 0.05) is 18.8 Å². The molecule has 0 bridgehead atoms. The molecule has 0 unspecified atom stereocenters. The molecule has 0 aromatic heterocycles. The average Bonchev–Trinajstić information content (AvgIpc) is 2.71. The third-order valence-electron chi connectivity index (χ3n) is 3.21. The number of fused-ring (bicyclic) bond motifs is 1. The second-order valence-corrected chi connectivity index (χ2v) is 4.41. The predicted molar refractivity (Wildman–Crippen MR) is 66.7 cm³/mol. The van der Waals surface area contributed by atoms with Crippen LogP contribution in [0.15, 0.2) is 18.2 Å². The number of hydrogen-bond acceptors (Lipinski definition) is 3. The highest BCUT2D eigenvalue weighted by atomic mass is 16.3. The Morgan fingerprint density at radius 1 is 1.50 bits per heavy atom. The standard InChI is InChI=1S/C13H20N2O/c1-2-6-15-7-5-11-8-10(12(14)9-16)3-4-13(11)15/h3-4,8,12,16H,2,5-7,9,14H2,1H3/t12-/m1/s1. The van der Waals surface area contributed by atoms with Gasteiger partial charge in [-0.1, -0.05) is 19.1 Å². The highest BCUT2D eigenvalue weighted by Gasteiger charge is 2.19. The van der Waals surface area contributed by atoms with Crippen LogP contribution in [0.2, 0.25) is 0 Å². The van der Waals surface area contributed by atoms with E-state index in [1.54, 1.807) is 0 Å². The Hall–Kier alpha value is -1.06. The van der Waals surface area contributed by atoms with Gasteiger partial charge in [-0.15, -0.1) is 0 Å². The van der Waals surface area contributed by atoms with Crippen molar-refractivity contribution >= 4 is 5.69 Å². The molecule has 1 aromatic rings. The maximum absolute atomic E-state index is 9.04. The molecule has 1 aromatic carbocycles. The monoisotopic (exact) mass is 220 g/mol. The van der Waals surface area contributed by atoms with Crippen LogP contribution in [0.5, 0.6) is 0 Å². The van der Waals surface area contributed by atoms with Crippen LogP contribution in [-0.2, 0) is 6.42 Å². The number of nitrogens with two attached hydrogens (primary N) is 1. The van der Waals surface area contributed by atoms with Gasteiger partial charge in [-0.3, -0.25) is 0 Å². The predicted octanol–water partition coefficient (Wildman–Crippen LogP) is 1.45. The number of benzene rings is 1. The lowest BCUT2D eigenvalue weighted by molar-refractivity contribution is 0.268. The Bertz CT molecular complexity index is 365. The fraction of sp³-hybridized carbons (Fsp3) is 0.538. The summed E-state index contributed by atoms with van der Waals surface area (Å²) in [6.07, 6.45) is 2.28. The van der Waals surface area contributed by atoms with E-state index in [4.69, 9.17) is 10.8 Å². The molecule has 1 aliphatic rings. The van der Waals surface area contributed by atoms with Crippen LogP contribution >= 0.6 is 0 Å². The van der Waals surface area contributed by atoms with E-state index in [-0.39, 0.29) is 12.6 Å². The first-order valence-electron chi connectivity index (χ1n) is 6.00. The molecule has 3 N–H and O–H groups in total. The molecule has 3 nitrogen and oxygen atoms in total. The zero-order valence-electron chi connectivity index (χ0n) is 9.82. The molecule has 3 heteroatoms. The van der Waals surface area contributed by atoms with Crippen LogP contribution in [-0.4, -0.2) is 24.8 Å². The van der Waals surface area contributed by atoms with Gasteiger partial charge in [0.2, 0.25) is 0 Å². The van der Waals surface area contributed by atoms with Gasteiger partial charge in [-0.25, -0.2) is 0 Å². The van der Waals surface area contributed by atoms with Crippen LogP contribution < -0.4 is 10.6 Å². The number of rotatable bonds is 4. The Kier molecular flexibility index (Phi) is 3.46. The van der Waals surface area contributed by atoms with Crippen molar-refractivity contribution in [2.75, 3.05) is 24.6 Å². The molecule has 0 radical (unpaired) electrons. The van der Waals surface area contributed by atoms with Crippen molar-refractivity contribution in [1.29, 1.82) is 0 Å². The van der Waals surface area contributed by atoms with Gasteiger partial charge in [0.1, 0.15) is 0 Å². The second kappa shape index (κ2) is 4.85. The lowest BCUT2D eigenvalue weighted by Crippen LogP contribution is -2.21. The van der Waals surface area contributed by atoms with Gasteiger partial charge < -0.3 is 15.7 Å². The first-order valence-corrected chi connectivity index (χ1v) is 6.00. The molecule has 0 spiro atoms. The van der Waals surface area contributed by atoms with Crippen LogP contribution in [0.3, 0.4) is 0 Å². The van der Waals surface area contributed by atoms with E-state index in [1.807, 2.05) is 6.07 Å². The molecule has 16 heavy (non-hydrogen) atoms. The van der Waals surface area contributed by atoms with Crippen LogP contribution in [0.25, 0.3) is 0 Å². The van der Waals surface area contributed by atoms with Gasteiger partial charge in [-0.2, -0.15) is 0 Å². The lowest BCUT2D eigenvalue weighted by atomic mass is 10.0. The summed E-state index contributed by atoms with van der Waals surface area (Å²) in [6.45, 7) is 4.45. The first kappa shape index (κ1) is 11.4. The third kappa shape index (κ3) is 2.06. The Labute approximate surface area is 96.9 Å². The average molecular weight is 220 g/mol. The topological polar surface area (TPSA) is 49.5 Å². The van der Waals surface area contributed by atoms with Crippen LogP contribution in [0.4, 0.5) is 5.69 Å². The normalized spacial score (nSPS) is 16.3. The summed E-state index contributed by atoms with van der Waals surface area (Å²) in [5.41, 5.74) is 9.57. The summed E-state index contributed by atoms with van der Waals surface area (Å²) in [5, 5.41) is 9.04. The van der Waals surface area contributed by atoms with E-state index >= 15 is 0 Å². The van der Waals surface area contributed by atoms with Crippen molar-refractivity contribution in [2.24, 2.45) is 5.73 Å². The summed E-state index contributed by atoms with van der Waals surface area (Å²) in [6, 6.07) is 6.08. The van der Waals surface area contributed by atoms with Crippen molar-refractivity contribution in [3.8, 4) is 0 Å². The minimum absolute atomic E-state index is 0.0114. The number of aliphatic hydroxyl groups excluding tert-OH is 1. The highest BCUT2D eigenvalue weighted by molar-refractivity contribution is 5.59. The summed E-state index contributed by atoms with van der Waals surface area (Å²) in [4.78, 5) is 2.42. The number of aliphatic hydroxyl groups is 1. The zero-order valence-corrected chi connectivity index (χ0v) is 9.82. The smallest absolute Gasteiger partial charge is 0.0624 e. The van der Waals surface area contributed by atoms with Crippen LogP contribution in [0.1, 0.15) is 30.5 Å². The minimum Gasteiger partial charge on any atom is -0.394 e. The fourth-order valence-corrected chi connectivity index (χ4v) is 2.33. The molecule has 1 atom stereocenters. The van der Waals surface area contributed by atoms with Crippen molar-refractivity contribution in [1.82, 2.24) is 0 Å². The van der Waals surface area contributed by atoms with Gasteiger partial charge in [0.25, 0.3) is 0 Å². The Balaban J connectivity index is 2.22. The quantitative estimate of drug-likeness (QED) is 0.807. The first-order chi connectivity index (χ1) is 7.76. The van der Waals surface area contributed by atoms with Crippen molar-refractivity contribution in [2.45, 2.75) is 25.8 Å². The van der Waals surface area contributed by atoms with Crippen LogP contribution in [0, 0.1) is 0 Å². The van der Waals surface area contributed by atoms with Crippen molar-refractivity contribution < 1.29 is 5.11 Å². The van der Waals surface area contributed by atoms with E-state index in [9.17, 15) is 0 Å². The number of nitrogens with zero attached hydrogens (tertiary/aromatic N) is 1. The Morgan fingerprint density at radius 3 is 3.00 bits per heavy atom. The molecule has 0 aliphatic carbocycles. The van der Waals surface area contributed by atoms with E-state index in [2.05, 4.69) is 24.0 Å². The molecule has 1 aliphatic heterocycles. The molecule has 0 amide bonds. The zero-order chi connectivity index (χ0) is 11.5. The van der Waals surface area contributed by atoms with Crippen molar-refractivity contribution in [3.63, 3.8) is 0 Å². The third-order valence-corrected chi connectivity index (χ3v) is 3.21. The lowest BCUT2D eigenvalue weighted by Gasteiger charge is -2.19. The highest BCUT2D eigenvalue weighted by Crippen LogP contribution is 2.30. The second-order valence-electron chi connectivity index (χ2n) is 4.41.